The third-order valence-electron chi connectivity index (χ3n) is 5.30. The van der Waals surface area contributed by atoms with Crippen molar-refractivity contribution in [1.82, 2.24) is 9.97 Å². The Hall–Kier alpha value is -2.76. The van der Waals surface area contributed by atoms with Gasteiger partial charge in [0, 0.05) is 29.7 Å². The maximum absolute atomic E-state index is 12.9. The molecule has 37 heavy (non-hydrogen) atoms. The summed E-state index contributed by atoms with van der Waals surface area (Å²) in [4.78, 5) is 33.7. The van der Waals surface area contributed by atoms with E-state index in [1.807, 2.05) is 31.2 Å². The second-order valence-electron chi connectivity index (χ2n) is 8.41. The highest BCUT2D eigenvalue weighted by Crippen LogP contribution is 2.36. The van der Waals surface area contributed by atoms with E-state index in [9.17, 15) is 9.59 Å². The first-order valence-corrected chi connectivity index (χ1v) is 12.4. The third kappa shape index (κ3) is 8.11. The fourth-order valence-corrected chi connectivity index (χ4v) is 4.40. The highest BCUT2D eigenvalue weighted by molar-refractivity contribution is 7.14. The zero-order chi connectivity index (χ0) is 25.5. The first-order chi connectivity index (χ1) is 16.8. The molecule has 1 aromatic carbocycles. The summed E-state index contributed by atoms with van der Waals surface area (Å²) in [5.74, 6) is -0.144. The van der Waals surface area contributed by atoms with Crippen molar-refractivity contribution >= 4 is 59.0 Å². The Balaban J connectivity index is 0.00000342. The maximum atomic E-state index is 12.9. The molecule has 0 radical (unpaired) electrons. The molecule has 0 atom stereocenters. The Morgan fingerprint density at radius 2 is 1.73 bits per heavy atom. The van der Waals surface area contributed by atoms with Gasteiger partial charge in [0.25, 0.3) is 0 Å². The average molecular weight is 570 g/mol. The van der Waals surface area contributed by atoms with Gasteiger partial charge in [0.1, 0.15) is 0 Å². The van der Waals surface area contributed by atoms with Crippen LogP contribution in [0.1, 0.15) is 53.8 Å². The topological polar surface area (TPSA) is 145 Å². The minimum absolute atomic E-state index is 0. The molecule has 3 rings (SSSR count). The lowest BCUT2D eigenvalue weighted by atomic mass is 9.92. The van der Waals surface area contributed by atoms with Gasteiger partial charge in [-0.2, -0.15) is 0 Å². The highest BCUT2D eigenvalue weighted by atomic mass is 35.5. The van der Waals surface area contributed by atoms with Gasteiger partial charge in [-0.15, -0.1) is 36.2 Å². The van der Waals surface area contributed by atoms with Gasteiger partial charge in [-0.25, -0.2) is 14.6 Å². The summed E-state index contributed by atoms with van der Waals surface area (Å²) in [6.07, 6.45) is 0.767. The molecule has 2 aromatic heterocycles. The molecule has 0 aliphatic rings. The molecular weight excluding hydrogens is 535 g/mol. The number of esters is 1. The van der Waals surface area contributed by atoms with Gasteiger partial charge in [0.2, 0.25) is 0 Å². The predicted molar refractivity (Wildman–Crippen MR) is 154 cm³/mol. The largest absolute Gasteiger partial charge is 0.461 e. The van der Waals surface area contributed by atoms with Gasteiger partial charge < -0.3 is 21.5 Å². The van der Waals surface area contributed by atoms with Crippen molar-refractivity contribution in [3.63, 3.8) is 0 Å². The van der Waals surface area contributed by atoms with Crippen LogP contribution >= 0.6 is 36.2 Å². The van der Waals surface area contributed by atoms with Crippen LogP contribution in [-0.2, 0) is 24.2 Å². The molecule has 0 aliphatic carbocycles. The van der Waals surface area contributed by atoms with E-state index in [1.54, 1.807) is 6.92 Å². The number of nitrogens with two attached hydrogens (primary N) is 2. The summed E-state index contributed by atoms with van der Waals surface area (Å²) >= 11 is 1.14. The quantitative estimate of drug-likeness (QED) is 0.256. The van der Waals surface area contributed by atoms with Crippen LogP contribution in [0, 0.1) is 12.8 Å². The van der Waals surface area contributed by atoms with Crippen molar-refractivity contribution in [2.45, 2.75) is 47.2 Å². The van der Waals surface area contributed by atoms with E-state index in [1.165, 1.54) is 5.38 Å². The van der Waals surface area contributed by atoms with Crippen LogP contribution in [0.2, 0.25) is 0 Å². The predicted octanol–water partition coefficient (Wildman–Crippen LogP) is 5.29. The number of ether oxygens (including phenoxy) is 1. The number of pyridine rings is 1. The molecule has 0 aliphatic heterocycles. The van der Waals surface area contributed by atoms with Crippen molar-refractivity contribution < 1.29 is 14.3 Å². The molecular formula is C25H34Cl2N6O3S. The number of anilines is 2. The molecule has 3 aromatic rings. The molecule has 2 amide bonds. The fourth-order valence-electron chi connectivity index (χ4n) is 3.73. The fraction of sp³-hybridized carbons (Fsp3) is 0.360. The van der Waals surface area contributed by atoms with E-state index in [4.69, 9.17) is 21.2 Å². The number of hydrogen-bond acceptors (Lipinski definition) is 8. The standard InChI is InChI=1S/C25H32N6O3S.2ClH/c1-5-34-23(32)20-13-35-25(29-20)31-24(33)30-22-15(4)28-19(10-14(2)3)18(12-27)21(22)17-8-6-16(11-26)7-9-17;;/h6-9,13-14H,5,10-12,26-27H2,1-4H3,(H2,29,30,31,33);2*1H. The normalized spacial score (nSPS) is 10.4. The van der Waals surface area contributed by atoms with Crippen molar-refractivity contribution in [1.29, 1.82) is 0 Å². The number of nitrogens with one attached hydrogen (secondary N) is 2. The zero-order valence-electron chi connectivity index (χ0n) is 21.3. The van der Waals surface area contributed by atoms with Gasteiger partial charge in [-0.05, 0) is 42.9 Å². The molecule has 0 saturated heterocycles. The van der Waals surface area contributed by atoms with Crippen molar-refractivity contribution in [2.24, 2.45) is 17.4 Å². The Bertz CT molecular complexity index is 1200. The summed E-state index contributed by atoms with van der Waals surface area (Å²) in [5, 5.41) is 7.44. The summed E-state index contributed by atoms with van der Waals surface area (Å²) in [6.45, 7) is 8.80. The van der Waals surface area contributed by atoms with Crippen LogP contribution in [0.15, 0.2) is 29.6 Å². The number of hydrogen-bond donors (Lipinski definition) is 4. The number of thiazole rings is 1. The van der Waals surface area contributed by atoms with E-state index in [0.717, 1.165) is 45.7 Å². The first-order valence-electron chi connectivity index (χ1n) is 11.5. The van der Waals surface area contributed by atoms with Crippen LogP contribution in [0.3, 0.4) is 0 Å². The molecule has 0 spiro atoms. The maximum Gasteiger partial charge on any atom is 0.357 e. The second kappa shape index (κ2) is 14.8. The number of halogens is 2. The molecule has 0 fully saturated rings. The van der Waals surface area contributed by atoms with Crippen LogP contribution in [0.25, 0.3) is 11.1 Å². The van der Waals surface area contributed by atoms with Crippen molar-refractivity contribution in [2.75, 3.05) is 17.2 Å². The van der Waals surface area contributed by atoms with Gasteiger partial charge in [0.15, 0.2) is 10.8 Å². The summed E-state index contributed by atoms with van der Waals surface area (Å²) < 4.78 is 4.95. The first kappa shape index (κ1) is 32.3. The summed E-state index contributed by atoms with van der Waals surface area (Å²) in [6, 6.07) is 7.38. The Morgan fingerprint density at radius 1 is 1.05 bits per heavy atom. The molecule has 202 valence electrons. The van der Waals surface area contributed by atoms with Crippen molar-refractivity contribution in [3.8, 4) is 11.1 Å². The number of benzene rings is 1. The van der Waals surface area contributed by atoms with E-state index in [2.05, 4.69) is 29.5 Å². The monoisotopic (exact) mass is 568 g/mol. The zero-order valence-corrected chi connectivity index (χ0v) is 23.7. The Kier molecular flexibility index (Phi) is 12.9. The Labute approximate surface area is 233 Å². The van der Waals surface area contributed by atoms with Crippen molar-refractivity contribution in [3.05, 3.63) is 57.9 Å². The third-order valence-corrected chi connectivity index (χ3v) is 6.05. The van der Waals surface area contributed by atoms with Crippen LogP contribution < -0.4 is 22.1 Å². The molecule has 9 nitrogen and oxygen atoms in total. The van der Waals surface area contributed by atoms with E-state index >= 15 is 0 Å². The van der Waals surface area contributed by atoms with E-state index < -0.39 is 12.0 Å². The number of aryl methyl sites for hydroxylation is 1. The molecule has 6 N–H and O–H groups in total. The lowest BCUT2D eigenvalue weighted by Gasteiger charge is -2.21. The van der Waals surface area contributed by atoms with Crippen LogP contribution in [-0.4, -0.2) is 28.6 Å². The highest BCUT2D eigenvalue weighted by Gasteiger charge is 2.21. The lowest BCUT2D eigenvalue weighted by Crippen LogP contribution is -2.22. The number of carbonyl (C=O) groups is 2. The number of aromatic nitrogens is 2. The number of rotatable bonds is 9. The minimum atomic E-state index is -0.534. The van der Waals surface area contributed by atoms with Crippen LogP contribution in [0.4, 0.5) is 15.6 Å². The van der Waals surface area contributed by atoms with Gasteiger partial charge >= 0.3 is 12.0 Å². The lowest BCUT2D eigenvalue weighted by molar-refractivity contribution is 0.0520. The Morgan fingerprint density at radius 3 is 2.30 bits per heavy atom. The summed E-state index contributed by atoms with van der Waals surface area (Å²) in [7, 11) is 0. The molecule has 0 unspecified atom stereocenters. The van der Waals surface area contributed by atoms with E-state index in [-0.39, 0.29) is 48.8 Å². The number of amides is 2. The molecule has 12 heteroatoms. The average Bonchev–Trinajstić information content (AvgIpc) is 3.29. The molecule has 0 saturated carbocycles. The minimum Gasteiger partial charge on any atom is -0.461 e. The van der Waals surface area contributed by atoms with Gasteiger partial charge in [-0.1, -0.05) is 38.1 Å². The number of urea groups is 1. The van der Waals surface area contributed by atoms with Crippen LogP contribution in [0.5, 0.6) is 0 Å². The summed E-state index contributed by atoms with van der Waals surface area (Å²) in [5.41, 5.74) is 17.9. The van der Waals surface area contributed by atoms with Gasteiger partial charge in [-0.3, -0.25) is 10.3 Å². The SMILES string of the molecule is CCOC(=O)c1csc(NC(=O)Nc2c(C)nc(CC(C)C)c(CN)c2-c2ccc(CN)cc2)n1.Cl.Cl. The number of carbonyl (C=O) groups excluding carboxylic acids is 2. The van der Waals surface area contributed by atoms with E-state index in [0.29, 0.717) is 23.8 Å². The second-order valence-corrected chi connectivity index (χ2v) is 9.27. The smallest absolute Gasteiger partial charge is 0.357 e. The molecule has 0 bridgehead atoms. The van der Waals surface area contributed by atoms with Gasteiger partial charge in [0.05, 0.1) is 18.0 Å². The molecule has 2 heterocycles. The number of nitrogens with zero attached hydrogens (tertiary/aromatic N) is 2.